The third-order valence-corrected chi connectivity index (χ3v) is 5.92. The molecule has 2 nitrogen and oxygen atoms in total. The molecule has 1 aliphatic carbocycles. The Morgan fingerprint density at radius 2 is 1.67 bits per heavy atom. The molecular weight excluding hydrogens is 279 g/mol. The van der Waals surface area contributed by atoms with E-state index < -0.39 is 7.80 Å². The lowest BCUT2D eigenvalue weighted by molar-refractivity contribution is 0.107. The summed E-state index contributed by atoms with van der Waals surface area (Å²) in [7, 11) is -1.77. The van der Waals surface area contributed by atoms with Gasteiger partial charge in [-0.3, -0.25) is 0 Å². The highest BCUT2D eigenvalue weighted by molar-refractivity contribution is 7.64. The van der Waals surface area contributed by atoms with E-state index in [0.717, 1.165) is 23.1 Å². The normalized spacial score (nSPS) is 16.8. The van der Waals surface area contributed by atoms with Crippen molar-refractivity contribution in [2.24, 2.45) is 5.92 Å². The Kier molecular flexibility index (Phi) is 5.70. The number of carbonyl (C=O) groups excluding carboxylic acids is 1. The van der Waals surface area contributed by atoms with Crippen LogP contribution >= 0.6 is 7.80 Å². The lowest BCUT2D eigenvalue weighted by atomic mass is 9.88. The SMILES string of the molecule is Cc1cc(C)c(C(=O)[P+](=O)CCC2CCCCC2)c(C)c1. The van der Waals surface area contributed by atoms with Gasteiger partial charge in [0.2, 0.25) is 0 Å². The third kappa shape index (κ3) is 4.23. The van der Waals surface area contributed by atoms with Gasteiger partial charge in [-0.2, -0.15) is 0 Å². The van der Waals surface area contributed by atoms with Crippen LogP contribution < -0.4 is 0 Å². The van der Waals surface area contributed by atoms with Crippen LogP contribution in [0.1, 0.15) is 65.6 Å². The van der Waals surface area contributed by atoms with Gasteiger partial charge in [0.15, 0.2) is 6.16 Å². The van der Waals surface area contributed by atoms with Gasteiger partial charge in [-0.1, -0.05) is 54.4 Å². The van der Waals surface area contributed by atoms with Gasteiger partial charge in [0.1, 0.15) is 0 Å². The van der Waals surface area contributed by atoms with Gasteiger partial charge in [-0.05, 0) is 44.2 Å². The highest BCUT2D eigenvalue weighted by atomic mass is 31.1. The van der Waals surface area contributed by atoms with Crippen LogP contribution in [0.15, 0.2) is 12.1 Å². The van der Waals surface area contributed by atoms with E-state index in [1.165, 1.54) is 32.1 Å². The summed E-state index contributed by atoms with van der Waals surface area (Å²) in [6, 6.07) is 4.01. The molecule has 0 N–H and O–H groups in total. The van der Waals surface area contributed by atoms with Crippen molar-refractivity contribution in [2.75, 3.05) is 6.16 Å². The van der Waals surface area contributed by atoms with Crippen LogP contribution in [0.4, 0.5) is 0 Å². The van der Waals surface area contributed by atoms with Crippen LogP contribution in [0.3, 0.4) is 0 Å². The molecule has 0 spiro atoms. The Bertz CT molecular complexity index is 519. The predicted octanol–water partition coefficient (Wildman–Crippen LogP) is 5.55. The Balaban J connectivity index is 2.00. The van der Waals surface area contributed by atoms with E-state index >= 15 is 0 Å². The molecule has 2 rings (SSSR count). The maximum absolute atomic E-state index is 12.5. The molecule has 1 saturated carbocycles. The summed E-state index contributed by atoms with van der Waals surface area (Å²) >= 11 is 0. The Morgan fingerprint density at radius 3 is 2.24 bits per heavy atom. The third-order valence-electron chi connectivity index (χ3n) is 4.58. The largest absolute Gasteiger partial charge is 0.420 e. The van der Waals surface area contributed by atoms with Crippen molar-refractivity contribution in [3.8, 4) is 0 Å². The lowest BCUT2D eigenvalue weighted by Gasteiger charge is -2.19. The molecule has 0 bridgehead atoms. The number of hydrogen-bond acceptors (Lipinski definition) is 2. The van der Waals surface area contributed by atoms with E-state index in [2.05, 4.69) is 0 Å². The molecule has 21 heavy (non-hydrogen) atoms. The van der Waals surface area contributed by atoms with Crippen LogP contribution in [0.5, 0.6) is 0 Å². The zero-order chi connectivity index (χ0) is 15.4. The number of aryl methyl sites for hydroxylation is 3. The molecule has 114 valence electrons. The van der Waals surface area contributed by atoms with E-state index in [0.29, 0.717) is 17.6 Å². The zero-order valence-corrected chi connectivity index (χ0v) is 14.3. The molecule has 0 aliphatic heterocycles. The molecule has 3 heteroatoms. The number of benzene rings is 1. The summed E-state index contributed by atoms with van der Waals surface area (Å²) in [5, 5.41) is 0. The van der Waals surface area contributed by atoms with Gasteiger partial charge >= 0.3 is 13.3 Å². The van der Waals surface area contributed by atoms with Crippen LogP contribution in [0, 0.1) is 26.7 Å². The van der Waals surface area contributed by atoms with Gasteiger partial charge in [-0.15, -0.1) is 0 Å². The molecule has 0 saturated heterocycles. The molecule has 1 aromatic rings. The summed E-state index contributed by atoms with van der Waals surface area (Å²) in [5.41, 5.74) is 3.61. The summed E-state index contributed by atoms with van der Waals surface area (Å²) in [6.07, 6.45) is 7.94. The zero-order valence-electron chi connectivity index (χ0n) is 13.4. The van der Waals surface area contributed by atoms with Crippen molar-refractivity contribution in [1.29, 1.82) is 0 Å². The topological polar surface area (TPSA) is 34.1 Å². The minimum absolute atomic E-state index is 0.143. The van der Waals surface area contributed by atoms with Crippen molar-refractivity contribution in [3.05, 3.63) is 34.4 Å². The van der Waals surface area contributed by atoms with Crippen molar-refractivity contribution < 1.29 is 9.36 Å². The summed E-state index contributed by atoms with van der Waals surface area (Å²) in [4.78, 5) is 12.5. The molecule has 0 radical (unpaired) electrons. The first kappa shape index (κ1) is 16.4. The smallest absolute Gasteiger partial charge is 0.234 e. The number of carbonyl (C=O) groups is 1. The molecule has 0 amide bonds. The van der Waals surface area contributed by atoms with Gasteiger partial charge < -0.3 is 0 Å². The summed E-state index contributed by atoms with van der Waals surface area (Å²) in [6.45, 7) is 5.91. The molecule has 1 aliphatic rings. The second-order valence-electron chi connectivity index (χ2n) is 6.47. The number of rotatable bonds is 5. The molecular formula is C18H26O2P+. The van der Waals surface area contributed by atoms with Gasteiger partial charge in [0.05, 0.1) is 5.56 Å². The first-order chi connectivity index (χ1) is 9.99. The van der Waals surface area contributed by atoms with Crippen molar-refractivity contribution >= 4 is 13.3 Å². The highest BCUT2D eigenvalue weighted by Gasteiger charge is 2.32. The second kappa shape index (κ2) is 7.31. The van der Waals surface area contributed by atoms with Gasteiger partial charge in [0, 0.05) is 0 Å². The van der Waals surface area contributed by atoms with E-state index in [1.54, 1.807) is 0 Å². The van der Waals surface area contributed by atoms with E-state index in [1.807, 2.05) is 32.9 Å². The maximum Gasteiger partial charge on any atom is 0.420 e. The fourth-order valence-corrected chi connectivity index (χ4v) is 4.92. The average molecular weight is 305 g/mol. The number of hydrogen-bond donors (Lipinski definition) is 0. The summed E-state index contributed by atoms with van der Waals surface area (Å²) in [5.74, 6) is 0.686. The lowest BCUT2D eigenvalue weighted by Crippen LogP contribution is -2.08. The Labute approximate surface area is 129 Å². The van der Waals surface area contributed by atoms with Crippen LogP contribution in [0.25, 0.3) is 0 Å². The first-order valence-electron chi connectivity index (χ1n) is 8.06. The fraction of sp³-hybridized carbons (Fsp3) is 0.611. The standard InChI is InChI=1S/C18H26O2P/c1-13-11-14(2)17(15(3)12-13)18(19)21(20)10-9-16-7-5-4-6-8-16/h11-12,16H,4-10H2,1-3H3/q+1. The quantitative estimate of drug-likeness (QED) is 0.668. The van der Waals surface area contributed by atoms with Crippen molar-refractivity contribution in [2.45, 2.75) is 59.3 Å². The van der Waals surface area contributed by atoms with Crippen LogP contribution in [-0.4, -0.2) is 11.7 Å². The Morgan fingerprint density at radius 1 is 1.10 bits per heavy atom. The molecule has 0 heterocycles. The molecule has 0 aromatic heterocycles. The second-order valence-corrected chi connectivity index (χ2v) is 8.08. The van der Waals surface area contributed by atoms with Crippen molar-refractivity contribution in [3.63, 3.8) is 0 Å². The Hall–Kier alpha value is -1.01. The van der Waals surface area contributed by atoms with Gasteiger partial charge in [0.25, 0.3) is 0 Å². The van der Waals surface area contributed by atoms with E-state index in [9.17, 15) is 9.36 Å². The van der Waals surface area contributed by atoms with E-state index in [-0.39, 0.29) is 5.52 Å². The predicted molar refractivity (Wildman–Crippen MR) is 88.6 cm³/mol. The molecule has 1 fully saturated rings. The summed E-state index contributed by atoms with van der Waals surface area (Å²) < 4.78 is 12.4. The van der Waals surface area contributed by atoms with Gasteiger partial charge in [-0.25, -0.2) is 4.79 Å². The average Bonchev–Trinajstić information content (AvgIpc) is 2.44. The van der Waals surface area contributed by atoms with Crippen molar-refractivity contribution in [1.82, 2.24) is 0 Å². The molecule has 1 unspecified atom stereocenters. The molecule has 1 aromatic carbocycles. The minimum atomic E-state index is -1.77. The molecule has 1 atom stereocenters. The van der Waals surface area contributed by atoms with Crippen LogP contribution in [-0.2, 0) is 4.57 Å². The minimum Gasteiger partial charge on any atom is -0.234 e. The highest BCUT2D eigenvalue weighted by Crippen LogP contribution is 2.35. The fourth-order valence-electron chi connectivity index (χ4n) is 3.52. The van der Waals surface area contributed by atoms with E-state index in [4.69, 9.17) is 0 Å². The first-order valence-corrected chi connectivity index (χ1v) is 9.50. The monoisotopic (exact) mass is 305 g/mol. The van der Waals surface area contributed by atoms with Crippen LogP contribution in [0.2, 0.25) is 0 Å². The maximum atomic E-state index is 12.5.